The van der Waals surface area contributed by atoms with Crippen molar-refractivity contribution in [1.82, 2.24) is 0 Å². The van der Waals surface area contributed by atoms with Crippen LogP contribution in [0.1, 0.15) is 39.0 Å². The number of ether oxygens (including phenoxy) is 1. The third-order valence-electron chi connectivity index (χ3n) is 5.84. The van der Waals surface area contributed by atoms with Crippen LogP contribution >= 0.6 is 7.26 Å². The van der Waals surface area contributed by atoms with Crippen LogP contribution in [0.2, 0.25) is 0 Å². The Hall–Kier alpha value is -1.95. The fraction of sp³-hybridized carbons (Fsp3) is 0.333. The third-order valence-corrected chi connectivity index (χ3v) is 10.3. The van der Waals surface area contributed by atoms with Crippen LogP contribution in [-0.2, 0) is 4.74 Å². The molecule has 0 fully saturated rings. The molecule has 152 valence electrons. The van der Waals surface area contributed by atoms with E-state index in [1.807, 2.05) is 7.11 Å². The lowest BCUT2D eigenvalue weighted by Gasteiger charge is -2.29. The van der Waals surface area contributed by atoms with E-state index >= 15 is 0 Å². The van der Waals surface area contributed by atoms with E-state index in [-0.39, 0.29) is 0 Å². The van der Waals surface area contributed by atoms with Gasteiger partial charge in [0.25, 0.3) is 0 Å². The standard InChI is InChI=1S/C27H34OP/c1-3-4-8-15-24(28-2)22-23-29(25-16-9-5-10-17-25,26-18-11-6-12-19-26)27-20-13-7-14-21-27/h5-7,9-14,16-21,24H,3-4,8,15,22-23H2,1-2H3/q+1. The highest BCUT2D eigenvalue weighted by Gasteiger charge is 2.45. The largest absolute Gasteiger partial charge is 0.381 e. The summed E-state index contributed by atoms with van der Waals surface area (Å²) in [5, 5.41) is 4.38. The average Bonchev–Trinajstić information content (AvgIpc) is 2.80. The molecule has 1 atom stereocenters. The molecule has 0 aliphatic heterocycles. The fourth-order valence-corrected chi connectivity index (χ4v) is 8.61. The number of benzene rings is 3. The van der Waals surface area contributed by atoms with Crippen molar-refractivity contribution in [3.8, 4) is 0 Å². The zero-order valence-corrected chi connectivity index (χ0v) is 18.7. The van der Waals surface area contributed by atoms with Gasteiger partial charge < -0.3 is 4.74 Å². The highest BCUT2D eigenvalue weighted by atomic mass is 31.2. The van der Waals surface area contributed by atoms with Gasteiger partial charge in [-0.2, -0.15) is 0 Å². The van der Waals surface area contributed by atoms with Crippen molar-refractivity contribution in [3.63, 3.8) is 0 Å². The first-order chi connectivity index (χ1) is 14.3. The topological polar surface area (TPSA) is 9.23 Å². The molecule has 0 spiro atoms. The van der Waals surface area contributed by atoms with Crippen molar-refractivity contribution < 1.29 is 4.74 Å². The van der Waals surface area contributed by atoms with E-state index in [4.69, 9.17) is 4.74 Å². The SMILES string of the molecule is CCCCCC(CC[P+](c1ccccc1)(c1ccccc1)c1ccccc1)OC. The molecule has 2 heteroatoms. The van der Waals surface area contributed by atoms with Gasteiger partial charge in [0.05, 0.1) is 12.3 Å². The monoisotopic (exact) mass is 405 g/mol. The Morgan fingerprint density at radius 1 is 0.655 bits per heavy atom. The molecule has 29 heavy (non-hydrogen) atoms. The minimum absolute atomic E-state index is 0.331. The Morgan fingerprint density at radius 2 is 1.10 bits per heavy atom. The number of methoxy groups -OCH3 is 1. The predicted octanol–water partition coefficient (Wildman–Crippen LogP) is 5.97. The summed E-state index contributed by atoms with van der Waals surface area (Å²) in [6.07, 6.45) is 7.51. The second kappa shape index (κ2) is 11.3. The summed E-state index contributed by atoms with van der Waals surface area (Å²) in [5.74, 6) is 0. The van der Waals surface area contributed by atoms with Crippen LogP contribution in [0.4, 0.5) is 0 Å². The summed E-state index contributed by atoms with van der Waals surface area (Å²) in [6.45, 7) is 2.26. The Morgan fingerprint density at radius 3 is 1.48 bits per heavy atom. The van der Waals surface area contributed by atoms with E-state index in [1.165, 1.54) is 35.2 Å². The Bertz CT molecular complexity index is 720. The lowest BCUT2D eigenvalue weighted by atomic mass is 10.1. The summed E-state index contributed by atoms with van der Waals surface area (Å²) in [7, 11) is 0.140. The van der Waals surface area contributed by atoms with Gasteiger partial charge in [0.1, 0.15) is 23.2 Å². The second-order valence-electron chi connectivity index (χ2n) is 7.68. The molecule has 0 aromatic heterocycles. The Kier molecular flexibility index (Phi) is 8.47. The molecule has 0 saturated heterocycles. The molecule has 0 aliphatic carbocycles. The van der Waals surface area contributed by atoms with Gasteiger partial charge in [0, 0.05) is 13.5 Å². The molecule has 3 aromatic carbocycles. The smallest absolute Gasteiger partial charge is 0.112 e. The predicted molar refractivity (Wildman–Crippen MR) is 130 cm³/mol. The van der Waals surface area contributed by atoms with Gasteiger partial charge in [-0.3, -0.25) is 0 Å². The molecule has 0 amide bonds. The molecule has 0 aliphatic rings. The first-order valence-electron chi connectivity index (χ1n) is 10.9. The van der Waals surface area contributed by atoms with Crippen molar-refractivity contribution in [2.24, 2.45) is 0 Å². The molecule has 3 aromatic rings. The maximum atomic E-state index is 5.92. The van der Waals surface area contributed by atoms with E-state index < -0.39 is 7.26 Å². The van der Waals surface area contributed by atoms with E-state index in [0.717, 1.165) is 19.0 Å². The van der Waals surface area contributed by atoms with Gasteiger partial charge >= 0.3 is 0 Å². The van der Waals surface area contributed by atoms with E-state index in [0.29, 0.717) is 6.10 Å². The maximum absolute atomic E-state index is 5.92. The number of hydrogen-bond acceptors (Lipinski definition) is 1. The molecule has 1 unspecified atom stereocenters. The molecule has 0 N–H and O–H groups in total. The zero-order chi connectivity index (χ0) is 20.4. The van der Waals surface area contributed by atoms with Crippen molar-refractivity contribution in [1.29, 1.82) is 0 Å². The molecule has 0 bridgehead atoms. The van der Waals surface area contributed by atoms with Crippen LogP contribution in [0.25, 0.3) is 0 Å². The number of rotatable bonds is 11. The van der Waals surface area contributed by atoms with Gasteiger partial charge in [0.2, 0.25) is 0 Å². The quantitative estimate of drug-likeness (QED) is 0.282. The highest BCUT2D eigenvalue weighted by molar-refractivity contribution is 7.95. The van der Waals surface area contributed by atoms with Crippen LogP contribution in [0.3, 0.4) is 0 Å². The molecule has 0 radical (unpaired) electrons. The van der Waals surface area contributed by atoms with Gasteiger partial charge in [-0.15, -0.1) is 0 Å². The van der Waals surface area contributed by atoms with Crippen molar-refractivity contribution in [3.05, 3.63) is 91.0 Å². The van der Waals surface area contributed by atoms with Gasteiger partial charge in [-0.1, -0.05) is 80.8 Å². The lowest BCUT2D eigenvalue weighted by Crippen LogP contribution is -2.34. The molecule has 0 saturated carbocycles. The second-order valence-corrected chi connectivity index (χ2v) is 11.3. The molecule has 3 rings (SSSR count). The van der Waals surface area contributed by atoms with Crippen LogP contribution in [0, 0.1) is 0 Å². The minimum atomic E-state index is -1.74. The summed E-state index contributed by atoms with van der Waals surface area (Å²) in [4.78, 5) is 0. The number of unbranched alkanes of at least 4 members (excludes halogenated alkanes) is 2. The van der Waals surface area contributed by atoms with Crippen molar-refractivity contribution in [2.75, 3.05) is 13.3 Å². The summed E-state index contributed by atoms with van der Waals surface area (Å²) >= 11 is 0. The third kappa shape index (κ3) is 5.35. The fourth-order valence-electron chi connectivity index (χ4n) is 4.22. The summed E-state index contributed by atoms with van der Waals surface area (Å²) in [6, 6.07) is 33.4. The molecule has 0 heterocycles. The van der Waals surface area contributed by atoms with Crippen molar-refractivity contribution in [2.45, 2.75) is 45.1 Å². The first-order valence-corrected chi connectivity index (χ1v) is 12.9. The van der Waals surface area contributed by atoms with Gasteiger partial charge in [-0.05, 0) is 42.8 Å². The van der Waals surface area contributed by atoms with Crippen LogP contribution in [0.15, 0.2) is 91.0 Å². The summed E-state index contributed by atoms with van der Waals surface area (Å²) < 4.78 is 5.92. The average molecular weight is 406 g/mol. The van der Waals surface area contributed by atoms with E-state index in [2.05, 4.69) is 97.9 Å². The molecular formula is C27H34OP+. The normalized spacial score (nSPS) is 12.6. The lowest BCUT2D eigenvalue weighted by molar-refractivity contribution is 0.0906. The molecular weight excluding hydrogens is 371 g/mol. The number of hydrogen-bond donors (Lipinski definition) is 0. The van der Waals surface area contributed by atoms with E-state index in [9.17, 15) is 0 Å². The Labute approximate surface area is 177 Å². The molecule has 1 nitrogen and oxygen atoms in total. The zero-order valence-electron chi connectivity index (χ0n) is 17.8. The Balaban J connectivity index is 2.03. The summed E-state index contributed by atoms with van der Waals surface area (Å²) in [5.41, 5.74) is 0. The van der Waals surface area contributed by atoms with Crippen LogP contribution in [0.5, 0.6) is 0 Å². The van der Waals surface area contributed by atoms with Crippen molar-refractivity contribution >= 4 is 23.2 Å². The highest BCUT2D eigenvalue weighted by Crippen LogP contribution is 2.56. The van der Waals surface area contributed by atoms with Crippen LogP contribution < -0.4 is 15.9 Å². The minimum Gasteiger partial charge on any atom is -0.381 e. The van der Waals surface area contributed by atoms with Gasteiger partial charge in [0.15, 0.2) is 0 Å². The van der Waals surface area contributed by atoms with Crippen LogP contribution in [-0.4, -0.2) is 19.4 Å². The first kappa shape index (κ1) is 21.8. The van der Waals surface area contributed by atoms with E-state index in [1.54, 1.807) is 0 Å². The maximum Gasteiger partial charge on any atom is 0.112 e. The van der Waals surface area contributed by atoms with Gasteiger partial charge in [-0.25, -0.2) is 0 Å².